The van der Waals surface area contributed by atoms with Crippen molar-refractivity contribution in [2.45, 2.75) is 32.1 Å². The Balaban J connectivity index is 1.60. The van der Waals surface area contributed by atoms with Gasteiger partial charge in [0.2, 0.25) is 5.91 Å². The number of carbonyl (C=O) groups excluding carboxylic acids is 1. The number of benzene rings is 3. The molecule has 0 radical (unpaired) electrons. The van der Waals surface area contributed by atoms with Gasteiger partial charge in [0.25, 0.3) is 5.69 Å². The number of nitro benzene ring substituents is 1. The number of aryl methyl sites for hydroxylation is 1. The van der Waals surface area contributed by atoms with E-state index in [9.17, 15) is 14.9 Å². The van der Waals surface area contributed by atoms with Crippen LogP contribution in [0.2, 0.25) is 0 Å². The molecule has 1 unspecified atom stereocenters. The topological polar surface area (TPSA) is 109 Å². The first kappa shape index (κ1) is 32.2. The molecule has 3 aromatic carbocycles. The van der Waals surface area contributed by atoms with Crippen molar-refractivity contribution in [3.63, 3.8) is 0 Å². The van der Waals surface area contributed by atoms with Crippen LogP contribution in [0.25, 0.3) is 0 Å². The summed E-state index contributed by atoms with van der Waals surface area (Å²) in [6.45, 7) is 2.17. The molecule has 0 heterocycles. The predicted molar refractivity (Wildman–Crippen MR) is 164 cm³/mol. The van der Waals surface area contributed by atoms with Gasteiger partial charge in [0.15, 0.2) is 23.0 Å². The van der Waals surface area contributed by atoms with Crippen LogP contribution < -0.4 is 28.7 Å². The zero-order valence-electron chi connectivity index (χ0n) is 25.2. The van der Waals surface area contributed by atoms with Crippen molar-refractivity contribution in [2.75, 3.05) is 55.1 Å². The van der Waals surface area contributed by atoms with Crippen molar-refractivity contribution in [3.05, 3.63) is 81.9 Å². The number of rotatable bonds is 17. The summed E-state index contributed by atoms with van der Waals surface area (Å²) >= 11 is 0. The lowest BCUT2D eigenvalue weighted by molar-refractivity contribution is -0.384. The Labute approximate surface area is 247 Å². The number of ether oxygens (including phenoxy) is 4. The molecule has 42 heavy (non-hydrogen) atoms. The largest absolute Gasteiger partial charge is 0.493 e. The number of non-ortho nitro benzene ring substituents is 1. The first-order valence-electron chi connectivity index (χ1n) is 14.0. The van der Waals surface area contributed by atoms with Crippen molar-refractivity contribution in [2.24, 2.45) is 0 Å². The maximum absolute atomic E-state index is 12.5. The van der Waals surface area contributed by atoms with Crippen molar-refractivity contribution < 1.29 is 28.7 Å². The third-order valence-corrected chi connectivity index (χ3v) is 7.50. The van der Waals surface area contributed by atoms with Gasteiger partial charge in [0.1, 0.15) is 5.69 Å². The molecule has 0 aliphatic rings. The average Bonchev–Trinajstić information content (AvgIpc) is 3.01. The van der Waals surface area contributed by atoms with Gasteiger partial charge in [0.05, 0.1) is 53.5 Å². The van der Waals surface area contributed by atoms with Gasteiger partial charge in [0, 0.05) is 50.1 Å². The summed E-state index contributed by atoms with van der Waals surface area (Å²) in [4.78, 5) is 22.9. The minimum atomic E-state index is -0.414. The maximum Gasteiger partial charge on any atom is 0.269 e. The summed E-state index contributed by atoms with van der Waals surface area (Å²) in [6, 6.07) is 18.5. The quantitative estimate of drug-likeness (QED) is 0.0994. The molecule has 0 saturated carbocycles. The van der Waals surface area contributed by atoms with Crippen LogP contribution in [0.15, 0.2) is 60.7 Å². The molecule has 3 rings (SSSR count). The summed E-state index contributed by atoms with van der Waals surface area (Å²) in [7, 11) is 8.70. The van der Waals surface area contributed by atoms with Crippen LogP contribution in [0.4, 0.5) is 11.4 Å². The van der Waals surface area contributed by atoms with Crippen LogP contribution in [0.1, 0.15) is 30.4 Å². The number of methoxy groups -OCH3 is 4. The van der Waals surface area contributed by atoms with Gasteiger partial charge in [-0.05, 0) is 42.2 Å². The summed E-state index contributed by atoms with van der Waals surface area (Å²) < 4.78 is 22.5. The van der Waals surface area contributed by atoms with Crippen LogP contribution in [-0.4, -0.2) is 66.0 Å². The number of nitrogens with one attached hydrogen (secondary N) is 1. The Morgan fingerprint density at radius 2 is 1.36 bits per heavy atom. The summed E-state index contributed by atoms with van der Waals surface area (Å²) in [5.41, 5.74) is 3.27. The molecule has 10 nitrogen and oxygen atoms in total. The highest BCUT2D eigenvalue weighted by Crippen LogP contribution is 2.34. The highest BCUT2D eigenvalue weighted by atomic mass is 16.6. The van der Waals surface area contributed by atoms with Crippen LogP contribution >= 0.6 is 0 Å². The number of amides is 1. The van der Waals surface area contributed by atoms with E-state index in [4.69, 9.17) is 18.9 Å². The predicted octanol–water partition coefficient (Wildman–Crippen LogP) is 5.34. The van der Waals surface area contributed by atoms with Crippen LogP contribution in [0, 0.1) is 10.1 Å². The average molecular weight is 581 g/mol. The van der Waals surface area contributed by atoms with Gasteiger partial charge in [-0.15, -0.1) is 0 Å². The highest BCUT2D eigenvalue weighted by Gasteiger charge is 2.26. The van der Waals surface area contributed by atoms with E-state index in [1.807, 2.05) is 24.3 Å². The minimum Gasteiger partial charge on any atom is -0.493 e. The number of likely N-dealkylation sites (N-methyl/N-ethyl adjacent to an activating group) is 1. The number of quaternary nitrogens is 1. The van der Waals surface area contributed by atoms with Gasteiger partial charge in [-0.3, -0.25) is 19.4 Å². The molecule has 3 aromatic rings. The number of hydrogen-bond donors (Lipinski definition) is 1. The summed E-state index contributed by atoms with van der Waals surface area (Å²) in [5.74, 6) is 2.75. The molecule has 0 aliphatic heterocycles. The molecule has 1 N–H and O–H groups in total. The molecular formula is C32H42N3O7+. The molecular weight excluding hydrogens is 538 g/mol. The second-order valence-corrected chi connectivity index (χ2v) is 10.3. The smallest absolute Gasteiger partial charge is 0.269 e. The molecule has 0 aliphatic carbocycles. The van der Waals surface area contributed by atoms with E-state index in [-0.39, 0.29) is 11.6 Å². The van der Waals surface area contributed by atoms with Crippen LogP contribution in [0.5, 0.6) is 23.0 Å². The molecule has 1 amide bonds. The molecule has 0 bridgehead atoms. The lowest BCUT2D eigenvalue weighted by Crippen LogP contribution is -2.48. The third-order valence-electron chi connectivity index (χ3n) is 7.50. The normalized spacial score (nSPS) is 12.2. The fourth-order valence-corrected chi connectivity index (χ4v) is 4.92. The number of carbonyl (C=O) groups is 1. The number of nitro groups is 1. The van der Waals surface area contributed by atoms with Gasteiger partial charge in [-0.1, -0.05) is 18.2 Å². The molecule has 10 heteroatoms. The first-order chi connectivity index (χ1) is 20.2. The second kappa shape index (κ2) is 15.6. The molecule has 226 valence electrons. The van der Waals surface area contributed by atoms with E-state index in [1.165, 1.54) is 12.1 Å². The lowest BCUT2D eigenvalue weighted by atomic mass is 10.1. The van der Waals surface area contributed by atoms with Crippen LogP contribution in [-0.2, 0) is 17.6 Å². The van der Waals surface area contributed by atoms with E-state index >= 15 is 0 Å². The molecule has 0 spiro atoms. The van der Waals surface area contributed by atoms with E-state index in [0.29, 0.717) is 53.3 Å². The Bertz CT molecular complexity index is 1330. The lowest BCUT2D eigenvalue weighted by Gasteiger charge is -2.35. The summed E-state index contributed by atoms with van der Waals surface area (Å²) in [6.07, 6.45) is 3.35. The fraction of sp³-hybridized carbons (Fsp3) is 0.406. The highest BCUT2D eigenvalue weighted by molar-refractivity contribution is 5.75. The Morgan fingerprint density at radius 1 is 0.762 bits per heavy atom. The third kappa shape index (κ3) is 8.84. The molecule has 1 atom stereocenters. The van der Waals surface area contributed by atoms with E-state index < -0.39 is 4.92 Å². The zero-order chi connectivity index (χ0) is 30.5. The Kier molecular flexibility index (Phi) is 12.0. The van der Waals surface area contributed by atoms with E-state index in [1.54, 1.807) is 40.6 Å². The first-order valence-corrected chi connectivity index (χ1v) is 14.0. The molecule has 0 saturated heterocycles. The van der Waals surface area contributed by atoms with Crippen molar-refractivity contribution in [1.29, 1.82) is 0 Å². The maximum atomic E-state index is 12.5. The van der Waals surface area contributed by atoms with Gasteiger partial charge >= 0.3 is 0 Å². The summed E-state index contributed by atoms with van der Waals surface area (Å²) in [5, 5.41) is 13.9. The monoisotopic (exact) mass is 580 g/mol. The number of hydrogen-bond acceptors (Lipinski definition) is 7. The van der Waals surface area contributed by atoms with Gasteiger partial charge in [-0.2, -0.15) is 0 Å². The van der Waals surface area contributed by atoms with Crippen LogP contribution in [0.3, 0.4) is 0 Å². The van der Waals surface area contributed by atoms with Crippen molar-refractivity contribution in [3.8, 4) is 23.0 Å². The molecule has 0 aromatic heterocycles. The van der Waals surface area contributed by atoms with Gasteiger partial charge < -0.3 is 24.3 Å². The second-order valence-electron chi connectivity index (χ2n) is 10.3. The standard InChI is InChI=1S/C32H41N3O7/c1-35(27-15-17-29(40-3)31(23-27)42-5,21-18-25-12-16-28(39-2)30(22-25)41-4)20-7-19-33-32(36)9-6-8-24-10-13-26(14-11-24)34(37)38/h10-17,22-23H,6-9,18-21H2,1-5H3/p+1. The van der Waals surface area contributed by atoms with E-state index in [0.717, 1.165) is 42.7 Å². The van der Waals surface area contributed by atoms with Gasteiger partial charge in [-0.25, -0.2) is 0 Å². The SMILES string of the molecule is COc1ccc(CC[N+](C)(CCCNC(=O)CCCc2ccc([N+](=O)[O-])cc2)c2ccc(OC)c(OC)c2)cc1OC. The van der Waals surface area contributed by atoms with E-state index in [2.05, 4.69) is 24.5 Å². The zero-order valence-corrected chi connectivity index (χ0v) is 25.2. The number of nitrogens with zero attached hydrogens (tertiary/aromatic N) is 2. The fourth-order valence-electron chi connectivity index (χ4n) is 4.92. The van der Waals surface area contributed by atoms with Crippen molar-refractivity contribution in [1.82, 2.24) is 9.80 Å². The molecule has 0 fully saturated rings. The Morgan fingerprint density at radius 3 is 1.98 bits per heavy atom. The Hall–Kier alpha value is -4.31. The minimum absolute atomic E-state index is 0.00237. The van der Waals surface area contributed by atoms with Crippen molar-refractivity contribution >= 4 is 17.3 Å².